The van der Waals surface area contributed by atoms with Gasteiger partial charge in [0.25, 0.3) is 0 Å². The molecule has 3 aromatic rings. The van der Waals surface area contributed by atoms with Crippen LogP contribution in [0.25, 0.3) is 21.5 Å². The Balaban J connectivity index is 0.934. The number of hydrogen-bond donors (Lipinski definition) is 0. The van der Waals surface area contributed by atoms with Gasteiger partial charge >= 0.3 is 0 Å². The lowest BCUT2D eigenvalue weighted by Gasteiger charge is -2.10. The van der Waals surface area contributed by atoms with Gasteiger partial charge in [0.05, 0.1) is 11.4 Å². The Kier molecular flexibility index (Phi) is 5.62. The molecule has 0 unspecified atom stereocenters. The number of hydrogen-bond acceptors (Lipinski definition) is 2. The molecule has 9 rings (SSSR count). The number of allylic oxidation sites excluding steroid dienone is 18. The Morgan fingerprint density at radius 1 is 0.477 bits per heavy atom. The molecule has 0 radical (unpaired) electrons. The number of aliphatic imine (C=N–C) groups is 2. The highest BCUT2D eigenvalue weighted by Gasteiger charge is 2.25. The summed E-state index contributed by atoms with van der Waals surface area (Å²) in [6.07, 6.45) is 27.6. The molecular weight excluding hydrogens is 532 g/mol. The van der Waals surface area contributed by atoms with E-state index in [1.165, 1.54) is 88.7 Å². The summed E-state index contributed by atoms with van der Waals surface area (Å²) in [7, 11) is 0. The highest BCUT2D eigenvalue weighted by Crippen LogP contribution is 2.41. The van der Waals surface area contributed by atoms with E-state index in [1.54, 1.807) is 0 Å². The molecule has 0 amide bonds. The number of benzene rings is 3. The summed E-state index contributed by atoms with van der Waals surface area (Å²) in [4.78, 5) is 10.3. The summed E-state index contributed by atoms with van der Waals surface area (Å²) in [5.74, 6) is 0. The summed E-state index contributed by atoms with van der Waals surface area (Å²) < 4.78 is 0. The van der Waals surface area contributed by atoms with Crippen molar-refractivity contribution in [2.75, 3.05) is 0 Å². The fourth-order valence-electron chi connectivity index (χ4n) is 7.38. The predicted molar refractivity (Wildman–Crippen MR) is 187 cm³/mol. The molecule has 4 aliphatic carbocycles. The number of fused-ring (bicyclic) bond motifs is 4. The molecule has 44 heavy (non-hydrogen) atoms. The number of nitrogens with zero attached hydrogens (tertiary/aromatic N) is 2. The predicted octanol–water partition coefficient (Wildman–Crippen LogP) is 10.6. The van der Waals surface area contributed by atoms with E-state index in [1.807, 2.05) is 0 Å². The van der Waals surface area contributed by atoms with Crippen molar-refractivity contribution >= 4 is 44.3 Å². The van der Waals surface area contributed by atoms with Crippen LogP contribution in [-0.4, -0.2) is 11.4 Å². The lowest BCUT2D eigenvalue weighted by molar-refractivity contribution is 1.17. The first-order chi connectivity index (χ1) is 21.6. The molecule has 0 aromatic heterocycles. The molecule has 0 N–H and O–H groups in total. The summed E-state index contributed by atoms with van der Waals surface area (Å²) in [5, 5.41) is 5.03. The van der Waals surface area contributed by atoms with Crippen molar-refractivity contribution in [1.29, 1.82) is 0 Å². The Morgan fingerprint density at radius 3 is 1.36 bits per heavy atom. The van der Waals surface area contributed by atoms with Crippen molar-refractivity contribution in [1.82, 2.24) is 0 Å². The lowest BCUT2D eigenvalue weighted by Crippen LogP contribution is -2.02. The molecule has 0 spiro atoms. The molecule has 2 heterocycles. The minimum absolute atomic E-state index is 0.885. The SMILES string of the molecule is C=C(C1=CC=CC1)C1=CC=C(C2=Nc3cc4cc5cc6c(cc5cc4cc3C2)N=C(C2=CC=C(C(=C)C3=CC=CC3)C2)C6)C1. The van der Waals surface area contributed by atoms with Crippen LogP contribution in [0.4, 0.5) is 11.4 Å². The van der Waals surface area contributed by atoms with E-state index in [0.717, 1.165) is 49.9 Å². The van der Waals surface area contributed by atoms with Crippen molar-refractivity contribution in [2.24, 2.45) is 9.98 Å². The number of rotatable bonds is 6. The van der Waals surface area contributed by atoms with Gasteiger partial charge in [-0.25, -0.2) is 0 Å². The van der Waals surface area contributed by atoms with Gasteiger partial charge in [-0.15, -0.1) is 0 Å². The third-order valence-corrected chi connectivity index (χ3v) is 9.98. The largest absolute Gasteiger partial charge is 0.252 e. The minimum Gasteiger partial charge on any atom is -0.252 e. The van der Waals surface area contributed by atoms with Gasteiger partial charge in [0, 0.05) is 24.3 Å². The van der Waals surface area contributed by atoms with Gasteiger partial charge in [-0.3, -0.25) is 9.98 Å². The molecule has 0 fully saturated rings. The zero-order chi connectivity index (χ0) is 29.4. The Morgan fingerprint density at radius 2 is 0.932 bits per heavy atom. The van der Waals surface area contributed by atoms with Gasteiger partial charge in [-0.2, -0.15) is 0 Å². The molecule has 2 heteroatoms. The molecule has 2 nitrogen and oxygen atoms in total. The molecule has 0 saturated heterocycles. The van der Waals surface area contributed by atoms with Crippen LogP contribution in [0.3, 0.4) is 0 Å². The van der Waals surface area contributed by atoms with Crippen LogP contribution in [0.5, 0.6) is 0 Å². The summed E-state index contributed by atoms with van der Waals surface area (Å²) in [5.41, 5.74) is 17.5. The van der Waals surface area contributed by atoms with Crippen LogP contribution < -0.4 is 0 Å². The smallest absolute Gasteiger partial charge is 0.0675 e. The third-order valence-electron chi connectivity index (χ3n) is 9.98. The molecule has 3 aromatic carbocycles. The first-order valence-electron chi connectivity index (χ1n) is 15.6. The maximum Gasteiger partial charge on any atom is 0.0675 e. The molecule has 0 atom stereocenters. The highest BCUT2D eigenvalue weighted by molar-refractivity contribution is 6.11. The molecule has 0 saturated carbocycles. The van der Waals surface area contributed by atoms with Gasteiger partial charge in [-0.05, 0) is 139 Å². The first kappa shape index (κ1) is 25.4. The second-order valence-corrected chi connectivity index (χ2v) is 12.7. The van der Waals surface area contributed by atoms with Crippen molar-refractivity contribution in [3.05, 3.63) is 166 Å². The van der Waals surface area contributed by atoms with Crippen LogP contribution in [0.15, 0.2) is 165 Å². The van der Waals surface area contributed by atoms with Gasteiger partial charge < -0.3 is 0 Å². The quantitative estimate of drug-likeness (QED) is 0.266. The second kappa shape index (κ2) is 9.72. The maximum atomic E-state index is 5.13. The first-order valence-corrected chi connectivity index (χ1v) is 15.6. The fourth-order valence-corrected chi connectivity index (χ4v) is 7.38. The third kappa shape index (κ3) is 4.17. The van der Waals surface area contributed by atoms with Crippen molar-refractivity contribution in [3.8, 4) is 0 Å². The molecule has 2 aliphatic heterocycles. The van der Waals surface area contributed by atoms with Crippen LogP contribution in [0.2, 0.25) is 0 Å². The zero-order valence-electron chi connectivity index (χ0n) is 24.8. The monoisotopic (exact) mass is 564 g/mol. The van der Waals surface area contributed by atoms with E-state index in [9.17, 15) is 0 Å². The molecule has 210 valence electrons. The van der Waals surface area contributed by atoms with E-state index in [0.29, 0.717) is 0 Å². The van der Waals surface area contributed by atoms with Crippen LogP contribution >= 0.6 is 0 Å². The maximum absolute atomic E-state index is 5.13. The Labute approximate surface area is 258 Å². The summed E-state index contributed by atoms with van der Waals surface area (Å²) >= 11 is 0. The van der Waals surface area contributed by atoms with Gasteiger partial charge in [0.15, 0.2) is 0 Å². The molecule has 6 aliphatic rings. The lowest BCUT2D eigenvalue weighted by atomic mass is 9.93. The van der Waals surface area contributed by atoms with Gasteiger partial charge in [0.2, 0.25) is 0 Å². The average Bonchev–Trinajstić information content (AvgIpc) is 3.88. The van der Waals surface area contributed by atoms with Gasteiger partial charge in [0.1, 0.15) is 0 Å². The van der Waals surface area contributed by atoms with Gasteiger partial charge in [-0.1, -0.05) is 73.9 Å². The van der Waals surface area contributed by atoms with Crippen molar-refractivity contribution in [2.45, 2.75) is 38.5 Å². The highest BCUT2D eigenvalue weighted by atomic mass is 14.8. The van der Waals surface area contributed by atoms with E-state index >= 15 is 0 Å². The van der Waals surface area contributed by atoms with E-state index < -0.39 is 0 Å². The van der Waals surface area contributed by atoms with Crippen molar-refractivity contribution < 1.29 is 0 Å². The zero-order valence-corrected chi connectivity index (χ0v) is 24.8. The van der Waals surface area contributed by atoms with Crippen LogP contribution in [0, 0.1) is 0 Å². The van der Waals surface area contributed by atoms with E-state index in [-0.39, 0.29) is 0 Å². The Hall–Kier alpha value is -5.08. The summed E-state index contributed by atoms with van der Waals surface area (Å²) in [6.45, 7) is 8.77. The fraction of sp³-hybridized carbons (Fsp3) is 0.143. The average molecular weight is 565 g/mol. The van der Waals surface area contributed by atoms with Crippen LogP contribution in [-0.2, 0) is 12.8 Å². The molecule has 0 bridgehead atoms. The second-order valence-electron chi connectivity index (χ2n) is 12.7. The van der Waals surface area contributed by atoms with Crippen molar-refractivity contribution in [3.63, 3.8) is 0 Å². The van der Waals surface area contributed by atoms with Crippen LogP contribution in [0.1, 0.15) is 36.8 Å². The Bertz CT molecular complexity index is 2070. The van der Waals surface area contributed by atoms with E-state index in [4.69, 9.17) is 9.98 Å². The molecular formula is C42H32N2. The standard InChI is InChI=1S/C42H32N2/c1-25(27-7-3-4-8-27)29-11-13-31(15-29)39-23-37-19-33-17-36-22-42-38(20-34(36)18-35(33)21-41(37)43-39)24-40(44-42)32-14-12-30(16-32)26(2)28-9-5-6-10-28/h3-7,9,11-14,17-22H,1-2,8,10,15-16,23-24H2. The van der Waals surface area contributed by atoms with E-state index in [2.05, 4.69) is 110 Å². The topological polar surface area (TPSA) is 24.7 Å². The summed E-state index contributed by atoms with van der Waals surface area (Å²) in [6, 6.07) is 13.9. The minimum atomic E-state index is 0.885. The normalized spacial score (nSPS) is 19.5.